The summed E-state index contributed by atoms with van der Waals surface area (Å²) >= 11 is 7.27. The molecule has 4 nitrogen and oxygen atoms in total. The first kappa shape index (κ1) is 14.9. The number of H-pyrrole nitrogens is 1. The average Bonchev–Trinajstić information content (AvgIpc) is 2.87. The van der Waals surface area contributed by atoms with Crippen molar-refractivity contribution in [2.24, 2.45) is 0 Å². The maximum absolute atomic E-state index is 11.8. The second-order valence-corrected chi connectivity index (χ2v) is 6.14. The molecular formula is C14H16ClN3OS. The van der Waals surface area contributed by atoms with Gasteiger partial charge in [-0.25, -0.2) is 0 Å². The molecule has 1 amide bonds. The van der Waals surface area contributed by atoms with Gasteiger partial charge in [-0.2, -0.15) is 5.10 Å². The maximum Gasteiger partial charge on any atom is 0.235 e. The number of rotatable bonds is 5. The number of halogens is 1. The van der Waals surface area contributed by atoms with Crippen molar-refractivity contribution in [3.05, 3.63) is 41.0 Å². The molecule has 0 aliphatic heterocycles. The summed E-state index contributed by atoms with van der Waals surface area (Å²) in [5.74, 6) is 1.18. The molecule has 0 aliphatic rings. The zero-order valence-corrected chi connectivity index (χ0v) is 12.9. The van der Waals surface area contributed by atoms with E-state index in [1.165, 1.54) is 11.8 Å². The van der Waals surface area contributed by atoms with Crippen LogP contribution in [0.3, 0.4) is 0 Å². The summed E-state index contributed by atoms with van der Waals surface area (Å²) in [7, 11) is 0. The van der Waals surface area contributed by atoms with Gasteiger partial charge in [0.15, 0.2) is 5.82 Å². The highest BCUT2D eigenvalue weighted by atomic mass is 35.5. The smallest absolute Gasteiger partial charge is 0.235 e. The van der Waals surface area contributed by atoms with Crippen LogP contribution in [0.25, 0.3) is 0 Å². The van der Waals surface area contributed by atoms with Crippen LogP contribution in [-0.4, -0.2) is 21.9 Å². The largest absolute Gasteiger partial charge is 0.308 e. The van der Waals surface area contributed by atoms with Crippen molar-refractivity contribution < 1.29 is 4.79 Å². The van der Waals surface area contributed by atoms with E-state index in [1.807, 2.05) is 30.3 Å². The van der Waals surface area contributed by atoms with Crippen LogP contribution in [0.1, 0.15) is 25.5 Å². The number of carbonyl (C=O) groups excluding carboxylic acids is 1. The quantitative estimate of drug-likeness (QED) is 0.823. The van der Waals surface area contributed by atoms with Crippen LogP contribution in [0.2, 0.25) is 5.02 Å². The molecule has 0 fully saturated rings. The molecule has 106 valence electrons. The van der Waals surface area contributed by atoms with Crippen LogP contribution in [-0.2, 0) is 4.79 Å². The molecule has 2 rings (SSSR count). The van der Waals surface area contributed by atoms with Gasteiger partial charge in [-0.1, -0.05) is 25.4 Å². The lowest BCUT2D eigenvalue weighted by Crippen LogP contribution is -2.14. The highest BCUT2D eigenvalue weighted by molar-refractivity contribution is 8.00. The molecule has 2 aromatic rings. The molecule has 0 saturated carbocycles. The van der Waals surface area contributed by atoms with E-state index in [0.29, 0.717) is 22.5 Å². The summed E-state index contributed by atoms with van der Waals surface area (Å²) in [6.07, 6.45) is 0. The van der Waals surface area contributed by atoms with Crippen LogP contribution >= 0.6 is 23.4 Å². The minimum atomic E-state index is -0.0771. The third kappa shape index (κ3) is 4.28. The van der Waals surface area contributed by atoms with E-state index >= 15 is 0 Å². The van der Waals surface area contributed by atoms with Crippen molar-refractivity contribution in [1.29, 1.82) is 0 Å². The number of hydrogen-bond donors (Lipinski definition) is 2. The normalized spacial score (nSPS) is 10.8. The second-order valence-electron chi connectivity index (χ2n) is 4.65. The maximum atomic E-state index is 11.8. The first-order chi connectivity index (χ1) is 9.54. The number of carbonyl (C=O) groups is 1. The van der Waals surface area contributed by atoms with Crippen LogP contribution in [0, 0.1) is 0 Å². The fourth-order valence-electron chi connectivity index (χ4n) is 1.56. The number of thioether (sulfide) groups is 1. The van der Waals surface area contributed by atoms with Crippen LogP contribution in [0.15, 0.2) is 35.2 Å². The van der Waals surface area contributed by atoms with Gasteiger partial charge in [-0.3, -0.25) is 9.89 Å². The fraction of sp³-hybridized carbons (Fsp3) is 0.286. The standard InChI is InChI=1S/C14H16ClN3OS/c1-9(2)12-7-13(18-17-12)16-14(19)8-20-11-5-3-10(15)4-6-11/h3-7,9H,8H2,1-2H3,(H2,16,17,18,19). The molecule has 20 heavy (non-hydrogen) atoms. The molecule has 0 aliphatic carbocycles. The highest BCUT2D eigenvalue weighted by Crippen LogP contribution is 2.20. The number of hydrogen-bond acceptors (Lipinski definition) is 3. The van der Waals surface area contributed by atoms with Crippen molar-refractivity contribution in [1.82, 2.24) is 10.2 Å². The zero-order chi connectivity index (χ0) is 14.5. The Morgan fingerprint density at radius 3 is 2.70 bits per heavy atom. The van der Waals surface area contributed by atoms with Crippen LogP contribution in [0.4, 0.5) is 5.82 Å². The average molecular weight is 310 g/mol. The highest BCUT2D eigenvalue weighted by Gasteiger charge is 2.08. The molecular weight excluding hydrogens is 294 g/mol. The van der Waals surface area contributed by atoms with Gasteiger partial charge in [-0.05, 0) is 30.2 Å². The van der Waals surface area contributed by atoms with E-state index in [1.54, 1.807) is 0 Å². The summed E-state index contributed by atoms with van der Waals surface area (Å²) < 4.78 is 0. The van der Waals surface area contributed by atoms with Gasteiger partial charge in [0.1, 0.15) is 0 Å². The molecule has 6 heteroatoms. The van der Waals surface area contributed by atoms with Gasteiger partial charge in [0.25, 0.3) is 0 Å². The second kappa shape index (κ2) is 6.81. The van der Waals surface area contributed by atoms with Crippen molar-refractivity contribution in [2.75, 3.05) is 11.1 Å². The van der Waals surface area contributed by atoms with Gasteiger partial charge in [0.2, 0.25) is 5.91 Å². The van der Waals surface area contributed by atoms with E-state index in [2.05, 4.69) is 29.4 Å². The molecule has 0 bridgehead atoms. The molecule has 0 spiro atoms. The summed E-state index contributed by atoms with van der Waals surface area (Å²) in [5.41, 5.74) is 1.01. The Balaban J connectivity index is 1.84. The number of benzene rings is 1. The lowest BCUT2D eigenvalue weighted by molar-refractivity contribution is -0.113. The first-order valence-corrected chi connectivity index (χ1v) is 7.64. The fourth-order valence-corrected chi connectivity index (χ4v) is 2.38. The van der Waals surface area contributed by atoms with Gasteiger partial charge in [-0.15, -0.1) is 11.8 Å². The molecule has 0 unspecified atom stereocenters. The number of amides is 1. The van der Waals surface area contributed by atoms with Gasteiger partial charge < -0.3 is 5.32 Å². The number of nitrogens with zero attached hydrogens (tertiary/aromatic N) is 1. The minimum absolute atomic E-state index is 0.0771. The summed E-state index contributed by atoms with van der Waals surface area (Å²) in [6.45, 7) is 4.13. The summed E-state index contributed by atoms with van der Waals surface area (Å²) in [5, 5.41) is 10.4. The van der Waals surface area contributed by atoms with E-state index in [0.717, 1.165) is 10.6 Å². The van der Waals surface area contributed by atoms with E-state index in [9.17, 15) is 4.79 Å². The molecule has 0 saturated heterocycles. The number of nitrogens with one attached hydrogen (secondary N) is 2. The molecule has 1 heterocycles. The van der Waals surface area contributed by atoms with Gasteiger partial charge in [0.05, 0.1) is 5.75 Å². The zero-order valence-electron chi connectivity index (χ0n) is 11.3. The third-order valence-electron chi connectivity index (χ3n) is 2.67. The van der Waals surface area contributed by atoms with Gasteiger partial charge in [0, 0.05) is 21.7 Å². The minimum Gasteiger partial charge on any atom is -0.308 e. The Bertz CT molecular complexity index is 580. The van der Waals surface area contributed by atoms with Gasteiger partial charge >= 0.3 is 0 Å². The van der Waals surface area contributed by atoms with Crippen molar-refractivity contribution in [2.45, 2.75) is 24.7 Å². The molecule has 1 aromatic carbocycles. The van der Waals surface area contributed by atoms with E-state index in [4.69, 9.17) is 11.6 Å². The van der Waals surface area contributed by atoms with Crippen LogP contribution < -0.4 is 5.32 Å². The Kier molecular flexibility index (Phi) is 5.09. The topological polar surface area (TPSA) is 57.8 Å². The number of aromatic nitrogens is 2. The Hall–Kier alpha value is -1.46. The van der Waals surface area contributed by atoms with Crippen LogP contribution in [0.5, 0.6) is 0 Å². The Morgan fingerprint density at radius 2 is 2.10 bits per heavy atom. The predicted molar refractivity (Wildman–Crippen MR) is 83.5 cm³/mol. The first-order valence-electron chi connectivity index (χ1n) is 6.28. The summed E-state index contributed by atoms with van der Waals surface area (Å²) in [4.78, 5) is 12.8. The van der Waals surface area contributed by atoms with E-state index < -0.39 is 0 Å². The molecule has 0 atom stereocenters. The van der Waals surface area contributed by atoms with E-state index in [-0.39, 0.29) is 5.91 Å². The molecule has 1 aromatic heterocycles. The molecule has 2 N–H and O–H groups in total. The summed E-state index contributed by atoms with van der Waals surface area (Å²) in [6, 6.07) is 9.27. The van der Waals surface area contributed by atoms with Crippen molar-refractivity contribution in [3.63, 3.8) is 0 Å². The number of aromatic amines is 1. The SMILES string of the molecule is CC(C)c1cc(NC(=O)CSc2ccc(Cl)cc2)n[nH]1. The lowest BCUT2D eigenvalue weighted by atomic mass is 10.1. The third-order valence-corrected chi connectivity index (χ3v) is 3.93. The lowest BCUT2D eigenvalue weighted by Gasteiger charge is -2.02. The Labute approximate surface area is 127 Å². The Morgan fingerprint density at radius 1 is 1.40 bits per heavy atom. The number of anilines is 1. The van der Waals surface area contributed by atoms with Crippen molar-refractivity contribution >= 4 is 35.1 Å². The van der Waals surface area contributed by atoms with Crippen molar-refractivity contribution in [3.8, 4) is 0 Å². The monoisotopic (exact) mass is 309 g/mol. The predicted octanol–water partition coefficient (Wildman–Crippen LogP) is 3.92. The molecule has 0 radical (unpaired) electrons.